The van der Waals surface area contributed by atoms with Gasteiger partial charge in [0.1, 0.15) is 0 Å². The van der Waals surface area contributed by atoms with Crippen molar-refractivity contribution in [2.45, 2.75) is 25.9 Å². The fourth-order valence-electron chi connectivity index (χ4n) is 4.25. The molecule has 0 spiro atoms. The molecule has 0 aliphatic carbocycles. The van der Waals surface area contributed by atoms with Gasteiger partial charge < -0.3 is 15.5 Å². The Hall–Kier alpha value is -4.17. The number of nitrogens with one attached hydrogen (secondary N) is 2. The van der Waals surface area contributed by atoms with E-state index in [0.29, 0.717) is 23.5 Å². The molecule has 0 radical (unpaired) electrons. The number of nitrogens with zero attached hydrogens (tertiary/aromatic N) is 3. The third-order valence-corrected chi connectivity index (χ3v) is 6.82. The minimum atomic E-state index is -0.410. The number of para-hydroxylation sites is 1. The van der Waals surface area contributed by atoms with E-state index in [1.54, 1.807) is 6.20 Å². The highest BCUT2D eigenvalue weighted by Gasteiger charge is 2.40. The number of rotatable bonds is 7. The van der Waals surface area contributed by atoms with Gasteiger partial charge in [-0.1, -0.05) is 66.4 Å². The largest absolute Gasteiger partial charge is 0.350 e. The molecule has 1 unspecified atom stereocenters. The molecular formula is C28H25N5O2S. The Bertz CT molecular complexity index is 1350. The van der Waals surface area contributed by atoms with Crippen LogP contribution >= 0.6 is 11.8 Å². The molecule has 0 bridgehead atoms. The van der Waals surface area contributed by atoms with E-state index in [2.05, 4.69) is 15.6 Å². The number of hydrogen-bond donors (Lipinski definition) is 2. The average molecular weight is 496 g/mol. The lowest BCUT2D eigenvalue weighted by atomic mass is 9.93. The number of pyridine rings is 1. The van der Waals surface area contributed by atoms with Crippen LogP contribution in [0.15, 0.2) is 112 Å². The predicted octanol–water partition coefficient (Wildman–Crippen LogP) is 5.00. The number of hydrogen-bond acceptors (Lipinski definition) is 6. The van der Waals surface area contributed by atoms with Crippen LogP contribution in [0.2, 0.25) is 0 Å². The molecule has 5 rings (SSSR count). The van der Waals surface area contributed by atoms with Crippen molar-refractivity contribution in [2.75, 3.05) is 5.32 Å². The highest BCUT2D eigenvalue weighted by molar-refractivity contribution is 8.16. The Morgan fingerprint density at radius 1 is 0.972 bits per heavy atom. The molecule has 2 aromatic carbocycles. The minimum Gasteiger partial charge on any atom is -0.350 e. The van der Waals surface area contributed by atoms with Crippen molar-refractivity contribution in [1.29, 1.82) is 0 Å². The summed E-state index contributed by atoms with van der Waals surface area (Å²) in [6, 6.07) is 24.4. The van der Waals surface area contributed by atoms with E-state index in [1.807, 2.05) is 96.1 Å². The van der Waals surface area contributed by atoms with Crippen molar-refractivity contribution < 1.29 is 9.59 Å². The van der Waals surface area contributed by atoms with Gasteiger partial charge in [0.05, 0.1) is 36.0 Å². The van der Waals surface area contributed by atoms with E-state index >= 15 is 0 Å². The molecule has 3 heterocycles. The maximum Gasteiger partial charge on any atom is 0.255 e. The predicted molar refractivity (Wildman–Crippen MR) is 143 cm³/mol. The summed E-state index contributed by atoms with van der Waals surface area (Å²) in [7, 11) is 0. The third-order valence-electron chi connectivity index (χ3n) is 5.93. The highest BCUT2D eigenvalue weighted by atomic mass is 32.2. The van der Waals surface area contributed by atoms with E-state index in [-0.39, 0.29) is 18.2 Å². The number of anilines is 1. The maximum absolute atomic E-state index is 13.6. The summed E-state index contributed by atoms with van der Waals surface area (Å²) in [5.41, 5.74) is 4.46. The van der Waals surface area contributed by atoms with Crippen molar-refractivity contribution in [1.82, 2.24) is 15.2 Å². The SMILES string of the molecule is CC1=C(C(=O)Nc2ccccc2)C(c2ccccc2)N2C(CC(=O)NCc3ccccn3)=CSC2=N1. The van der Waals surface area contributed by atoms with Crippen molar-refractivity contribution >= 4 is 34.4 Å². The number of carbonyl (C=O) groups excluding carboxylic acids is 2. The van der Waals surface area contributed by atoms with E-state index in [0.717, 1.165) is 22.1 Å². The van der Waals surface area contributed by atoms with Gasteiger partial charge in [-0.05, 0) is 42.2 Å². The van der Waals surface area contributed by atoms with Gasteiger partial charge in [-0.2, -0.15) is 0 Å². The second-order valence-corrected chi connectivity index (χ2v) is 9.24. The van der Waals surface area contributed by atoms with Crippen LogP contribution in [0.5, 0.6) is 0 Å². The van der Waals surface area contributed by atoms with Gasteiger partial charge >= 0.3 is 0 Å². The first-order valence-corrected chi connectivity index (χ1v) is 12.5. The molecule has 180 valence electrons. The average Bonchev–Trinajstić information content (AvgIpc) is 3.30. The summed E-state index contributed by atoms with van der Waals surface area (Å²) in [5.74, 6) is -0.340. The molecule has 3 aromatic rings. The molecule has 1 aromatic heterocycles. The van der Waals surface area contributed by atoms with Crippen molar-refractivity contribution in [2.24, 2.45) is 4.99 Å². The molecule has 0 saturated heterocycles. The Balaban J connectivity index is 1.41. The molecule has 0 fully saturated rings. The first kappa shape index (κ1) is 23.6. The summed E-state index contributed by atoms with van der Waals surface area (Å²) in [4.78, 5) is 37.4. The number of benzene rings is 2. The normalized spacial score (nSPS) is 16.7. The van der Waals surface area contributed by atoms with Crippen LogP contribution in [0.25, 0.3) is 0 Å². The zero-order valence-electron chi connectivity index (χ0n) is 19.7. The fraction of sp³-hybridized carbons (Fsp3) is 0.143. The second kappa shape index (κ2) is 10.6. The van der Waals surface area contributed by atoms with Crippen LogP contribution in [-0.4, -0.2) is 26.9 Å². The number of thioether (sulfide) groups is 1. The van der Waals surface area contributed by atoms with Gasteiger partial charge in [-0.25, -0.2) is 4.99 Å². The second-order valence-electron chi connectivity index (χ2n) is 8.40. The topological polar surface area (TPSA) is 86.7 Å². The zero-order chi connectivity index (χ0) is 24.9. The number of aromatic nitrogens is 1. The van der Waals surface area contributed by atoms with Gasteiger partial charge in [-0.15, -0.1) is 0 Å². The van der Waals surface area contributed by atoms with E-state index in [9.17, 15) is 9.59 Å². The molecule has 2 amide bonds. The third kappa shape index (κ3) is 5.08. The molecule has 8 heteroatoms. The molecule has 7 nitrogen and oxygen atoms in total. The van der Waals surface area contributed by atoms with E-state index < -0.39 is 6.04 Å². The van der Waals surface area contributed by atoms with Crippen LogP contribution in [0.4, 0.5) is 5.69 Å². The van der Waals surface area contributed by atoms with Gasteiger partial charge in [0.15, 0.2) is 5.17 Å². The van der Waals surface area contributed by atoms with E-state index in [4.69, 9.17) is 4.99 Å². The molecule has 2 N–H and O–H groups in total. The summed E-state index contributed by atoms with van der Waals surface area (Å²) >= 11 is 1.47. The molecule has 36 heavy (non-hydrogen) atoms. The first-order chi connectivity index (χ1) is 17.6. The van der Waals surface area contributed by atoms with Crippen LogP contribution in [0.1, 0.15) is 30.6 Å². The number of carbonyl (C=O) groups is 2. The monoisotopic (exact) mass is 495 g/mol. The minimum absolute atomic E-state index is 0.123. The first-order valence-electron chi connectivity index (χ1n) is 11.6. The smallest absolute Gasteiger partial charge is 0.255 e. The Kier molecular flexibility index (Phi) is 6.95. The molecule has 2 aliphatic rings. The summed E-state index contributed by atoms with van der Waals surface area (Å²) in [6.07, 6.45) is 1.87. The Morgan fingerprint density at radius 3 is 2.42 bits per heavy atom. The van der Waals surface area contributed by atoms with Crippen LogP contribution in [0, 0.1) is 0 Å². The summed E-state index contributed by atoms with van der Waals surface area (Å²) in [5, 5.41) is 8.65. The van der Waals surface area contributed by atoms with Crippen molar-refractivity contribution in [3.05, 3.63) is 119 Å². The molecule has 1 atom stereocenters. The van der Waals surface area contributed by atoms with Gasteiger partial charge in [0.25, 0.3) is 5.91 Å². The molecule has 0 saturated carbocycles. The van der Waals surface area contributed by atoms with Crippen LogP contribution in [0.3, 0.4) is 0 Å². The lowest BCUT2D eigenvalue weighted by Crippen LogP contribution is -2.38. The maximum atomic E-state index is 13.6. The lowest BCUT2D eigenvalue weighted by Gasteiger charge is -2.36. The van der Waals surface area contributed by atoms with E-state index in [1.165, 1.54) is 11.8 Å². The molecular weight excluding hydrogens is 470 g/mol. The van der Waals surface area contributed by atoms with Crippen LogP contribution < -0.4 is 10.6 Å². The van der Waals surface area contributed by atoms with Gasteiger partial charge in [0.2, 0.25) is 5.91 Å². The van der Waals surface area contributed by atoms with Crippen molar-refractivity contribution in [3.8, 4) is 0 Å². The van der Waals surface area contributed by atoms with Gasteiger partial charge in [0, 0.05) is 17.6 Å². The number of amidine groups is 1. The Morgan fingerprint density at radius 2 is 1.69 bits per heavy atom. The Labute approximate surface area is 214 Å². The van der Waals surface area contributed by atoms with Gasteiger partial charge in [-0.3, -0.25) is 14.6 Å². The summed E-state index contributed by atoms with van der Waals surface area (Å²) < 4.78 is 0. The summed E-state index contributed by atoms with van der Waals surface area (Å²) in [6.45, 7) is 2.21. The number of fused-ring (bicyclic) bond motifs is 1. The lowest BCUT2D eigenvalue weighted by molar-refractivity contribution is -0.120. The molecule has 2 aliphatic heterocycles. The highest BCUT2D eigenvalue weighted by Crippen LogP contribution is 2.44. The number of aliphatic imine (C=N–C) groups is 1. The quantitative estimate of drug-likeness (QED) is 0.482. The number of allylic oxidation sites excluding steroid dienone is 1. The zero-order valence-corrected chi connectivity index (χ0v) is 20.5. The fourth-order valence-corrected chi connectivity index (χ4v) is 5.21. The standard InChI is InChI=1S/C28H25N5O2S/c1-19-25(27(35)32-21-12-6-3-7-13-21)26(20-10-4-2-5-11-20)33-23(18-36-28(33)31-19)16-24(34)30-17-22-14-8-9-15-29-22/h2-15,18,26H,16-17H2,1H3,(H,30,34)(H,32,35). The van der Waals surface area contributed by atoms with Crippen LogP contribution in [-0.2, 0) is 16.1 Å². The number of amides is 2. The van der Waals surface area contributed by atoms with Crippen molar-refractivity contribution in [3.63, 3.8) is 0 Å².